The average Bonchev–Trinajstić information content (AvgIpc) is 2.87. The normalized spacial score (nSPS) is 18.7. The lowest BCUT2D eigenvalue weighted by Gasteiger charge is -2.40. The monoisotopic (exact) mass is 588 g/mol. The molecule has 0 aliphatic carbocycles. The van der Waals surface area contributed by atoms with Crippen LogP contribution in [0.5, 0.6) is 0 Å². The minimum Gasteiger partial charge on any atom is -0.350 e. The van der Waals surface area contributed by atoms with Gasteiger partial charge in [-0.25, -0.2) is 4.39 Å². The minimum atomic E-state index is -4.93. The van der Waals surface area contributed by atoms with Crippen LogP contribution in [0.25, 0.3) is 0 Å². The highest BCUT2D eigenvalue weighted by molar-refractivity contribution is 5.33. The third-order valence-electron chi connectivity index (χ3n) is 6.84. The summed E-state index contributed by atoms with van der Waals surface area (Å²) in [7, 11) is 0. The van der Waals surface area contributed by atoms with E-state index in [0.717, 1.165) is 0 Å². The molecule has 2 unspecified atom stereocenters. The van der Waals surface area contributed by atoms with Gasteiger partial charge in [0.25, 0.3) is 0 Å². The molecule has 0 N–H and O–H groups in total. The molecule has 0 aromatic heterocycles. The second-order valence-electron chi connectivity index (χ2n) is 10.5. The van der Waals surface area contributed by atoms with Gasteiger partial charge in [0.2, 0.25) is 0 Å². The smallest absolute Gasteiger partial charge is 0.350 e. The van der Waals surface area contributed by atoms with Gasteiger partial charge >= 0.3 is 12.4 Å². The largest absolute Gasteiger partial charge is 0.416 e. The van der Waals surface area contributed by atoms with Crippen LogP contribution in [0.1, 0.15) is 56.0 Å². The van der Waals surface area contributed by atoms with Crippen LogP contribution in [-0.4, -0.2) is 61.0 Å². The number of nitrogens with zero attached hydrogens (tertiary/aromatic N) is 2. The zero-order valence-corrected chi connectivity index (χ0v) is 23.5. The number of hydrogen-bond donors (Lipinski definition) is 0. The lowest BCUT2D eigenvalue weighted by Crippen LogP contribution is -2.46. The molecule has 0 radical (unpaired) electrons. The summed E-state index contributed by atoms with van der Waals surface area (Å²) >= 11 is 0. The van der Waals surface area contributed by atoms with E-state index in [1.807, 2.05) is 4.90 Å². The van der Waals surface area contributed by atoms with E-state index in [1.54, 1.807) is 12.1 Å². The Morgan fingerprint density at radius 3 is 2.05 bits per heavy atom. The first-order chi connectivity index (χ1) is 19.2. The third kappa shape index (κ3) is 9.43. The number of benzene rings is 2. The van der Waals surface area contributed by atoms with Gasteiger partial charge in [-0.15, -0.1) is 0 Å². The van der Waals surface area contributed by atoms with Crippen molar-refractivity contribution in [1.82, 2.24) is 9.80 Å². The summed E-state index contributed by atoms with van der Waals surface area (Å²) in [6, 6.07) is 7.39. The fraction of sp³-hybridized carbons (Fsp3) is 0.533. The number of hydrogen-bond acceptors (Lipinski definition) is 4. The predicted octanol–water partition coefficient (Wildman–Crippen LogP) is 6.94. The Labute approximate surface area is 236 Å². The Balaban J connectivity index is 1.77. The summed E-state index contributed by atoms with van der Waals surface area (Å²) in [5.41, 5.74) is -2.23. The van der Waals surface area contributed by atoms with E-state index in [-0.39, 0.29) is 31.3 Å². The molecule has 1 saturated heterocycles. The number of alkyl halides is 6. The molecule has 41 heavy (non-hydrogen) atoms. The molecule has 1 fully saturated rings. The molecule has 0 saturated carbocycles. The molecular weight excluding hydrogens is 553 g/mol. The third-order valence-corrected chi connectivity index (χ3v) is 6.84. The van der Waals surface area contributed by atoms with Crippen molar-refractivity contribution in [2.24, 2.45) is 0 Å². The van der Waals surface area contributed by atoms with Crippen molar-refractivity contribution in [2.45, 2.75) is 70.9 Å². The van der Waals surface area contributed by atoms with Crippen molar-refractivity contribution in [2.75, 3.05) is 32.8 Å². The maximum Gasteiger partial charge on any atom is 0.416 e. The van der Waals surface area contributed by atoms with Gasteiger partial charge in [0.15, 0.2) is 6.29 Å². The van der Waals surface area contributed by atoms with Gasteiger partial charge in [0, 0.05) is 18.6 Å². The second kappa shape index (κ2) is 14.0. The van der Waals surface area contributed by atoms with E-state index in [4.69, 9.17) is 9.47 Å². The Hall–Kier alpha value is -2.65. The van der Waals surface area contributed by atoms with Gasteiger partial charge in [-0.1, -0.05) is 24.0 Å². The lowest BCUT2D eigenvalue weighted by atomic mass is 10.0. The Kier molecular flexibility index (Phi) is 11.2. The maximum absolute atomic E-state index is 13.7. The first kappa shape index (κ1) is 32.9. The summed E-state index contributed by atoms with van der Waals surface area (Å²) in [5.74, 6) is 5.96. The Morgan fingerprint density at radius 2 is 1.51 bits per heavy atom. The molecule has 2 atom stereocenters. The van der Waals surface area contributed by atoms with Gasteiger partial charge in [-0.3, -0.25) is 9.80 Å². The average molecular weight is 589 g/mol. The van der Waals surface area contributed by atoms with Crippen LogP contribution in [0, 0.1) is 17.7 Å². The van der Waals surface area contributed by atoms with Crippen LogP contribution in [0.3, 0.4) is 0 Å². The molecule has 11 heteroatoms. The van der Waals surface area contributed by atoms with E-state index in [1.165, 1.54) is 12.1 Å². The highest BCUT2D eigenvalue weighted by atomic mass is 19.4. The summed E-state index contributed by atoms with van der Waals surface area (Å²) in [6.07, 6.45) is -11.0. The highest BCUT2D eigenvalue weighted by Crippen LogP contribution is 2.37. The van der Waals surface area contributed by atoms with Crippen LogP contribution in [-0.2, 0) is 28.2 Å². The topological polar surface area (TPSA) is 24.9 Å². The van der Waals surface area contributed by atoms with Crippen LogP contribution >= 0.6 is 0 Å². The van der Waals surface area contributed by atoms with Crippen molar-refractivity contribution in [3.8, 4) is 11.8 Å². The highest BCUT2D eigenvalue weighted by Gasteiger charge is 2.37. The van der Waals surface area contributed by atoms with Crippen molar-refractivity contribution in [3.63, 3.8) is 0 Å². The van der Waals surface area contributed by atoms with Gasteiger partial charge in [0.05, 0.1) is 43.5 Å². The van der Waals surface area contributed by atoms with Gasteiger partial charge in [-0.2, -0.15) is 26.3 Å². The summed E-state index contributed by atoms with van der Waals surface area (Å²) in [4.78, 5) is 4.25. The van der Waals surface area contributed by atoms with E-state index in [2.05, 4.69) is 44.4 Å². The molecule has 0 amide bonds. The number of rotatable bonds is 9. The molecule has 1 aliphatic rings. The molecule has 1 heterocycles. The molecule has 0 bridgehead atoms. The summed E-state index contributed by atoms with van der Waals surface area (Å²) in [5, 5.41) is 0. The van der Waals surface area contributed by atoms with Gasteiger partial charge in [0.1, 0.15) is 5.82 Å². The standard InChI is InChI=1S/C30H35F7N2O2/c1-20(2)39(21(3)4)13-6-5-12-38-14-16-41-28(27(38)23-7-9-26(31)10-8-23)40-15-11-22-17-24(29(32,33)34)19-25(18-22)30(35,36)37/h7-10,17-21,27-28H,11-16H2,1-4H3. The molecule has 2 aromatic carbocycles. The van der Waals surface area contributed by atoms with Crippen LogP contribution < -0.4 is 0 Å². The van der Waals surface area contributed by atoms with Crippen LogP contribution in [0.2, 0.25) is 0 Å². The quantitative estimate of drug-likeness (QED) is 0.234. The fourth-order valence-electron chi connectivity index (χ4n) is 4.76. The van der Waals surface area contributed by atoms with Gasteiger partial charge < -0.3 is 9.47 Å². The molecule has 4 nitrogen and oxygen atoms in total. The lowest BCUT2D eigenvalue weighted by molar-refractivity contribution is -0.208. The summed E-state index contributed by atoms with van der Waals surface area (Å²) in [6.45, 7) is 9.90. The zero-order chi connectivity index (χ0) is 30.4. The second-order valence-corrected chi connectivity index (χ2v) is 10.5. The van der Waals surface area contributed by atoms with E-state index in [0.29, 0.717) is 49.4 Å². The predicted molar refractivity (Wildman–Crippen MR) is 141 cm³/mol. The van der Waals surface area contributed by atoms with Crippen molar-refractivity contribution >= 4 is 0 Å². The van der Waals surface area contributed by atoms with E-state index < -0.39 is 41.6 Å². The first-order valence-electron chi connectivity index (χ1n) is 13.4. The molecule has 3 rings (SSSR count). The van der Waals surface area contributed by atoms with E-state index >= 15 is 0 Å². The molecule has 1 aliphatic heterocycles. The molecular formula is C30H35F7N2O2. The first-order valence-corrected chi connectivity index (χ1v) is 13.4. The summed E-state index contributed by atoms with van der Waals surface area (Å²) < 4.78 is 105. The van der Waals surface area contributed by atoms with Gasteiger partial charge in [-0.05, 0) is 75.6 Å². The minimum absolute atomic E-state index is 0.0969. The number of halogens is 7. The number of morpholine rings is 1. The van der Waals surface area contributed by atoms with Crippen molar-refractivity contribution < 1.29 is 40.2 Å². The molecule has 2 aromatic rings. The molecule has 0 spiro atoms. The maximum atomic E-state index is 13.7. The van der Waals surface area contributed by atoms with Crippen molar-refractivity contribution in [1.29, 1.82) is 0 Å². The molecule has 226 valence electrons. The Morgan fingerprint density at radius 1 is 0.927 bits per heavy atom. The van der Waals surface area contributed by atoms with E-state index in [9.17, 15) is 30.7 Å². The number of ether oxygens (including phenoxy) is 2. The van der Waals surface area contributed by atoms with Crippen LogP contribution in [0.15, 0.2) is 42.5 Å². The zero-order valence-electron chi connectivity index (χ0n) is 23.5. The Bertz CT molecular complexity index is 1140. The van der Waals surface area contributed by atoms with Crippen LogP contribution in [0.4, 0.5) is 30.7 Å². The fourth-order valence-corrected chi connectivity index (χ4v) is 4.76. The van der Waals surface area contributed by atoms with Crippen molar-refractivity contribution in [3.05, 3.63) is 70.5 Å². The SMILES string of the molecule is CC(C)N(CC#CCN1CCOC(OCCc2cc(C(F)(F)F)cc(C(F)(F)F)c2)C1c1ccc(F)cc1)C(C)C.